The van der Waals surface area contributed by atoms with Crippen LogP contribution in [0.25, 0.3) is 11.0 Å². The van der Waals surface area contributed by atoms with Crippen LogP contribution in [0.2, 0.25) is 10.0 Å². The van der Waals surface area contributed by atoms with Gasteiger partial charge in [-0.25, -0.2) is 4.98 Å². The third-order valence-electron chi connectivity index (χ3n) is 4.84. The molecule has 4 atom stereocenters. The van der Waals surface area contributed by atoms with Crippen LogP contribution < -0.4 is 0 Å². The van der Waals surface area contributed by atoms with Crippen LogP contribution in [0, 0.1) is 9.75 Å². The van der Waals surface area contributed by atoms with Crippen molar-refractivity contribution in [3.63, 3.8) is 0 Å². The van der Waals surface area contributed by atoms with E-state index in [0.29, 0.717) is 31.3 Å². The van der Waals surface area contributed by atoms with Crippen LogP contribution in [0.1, 0.15) is 33.2 Å². The molecule has 1 aliphatic carbocycles. The van der Waals surface area contributed by atoms with Gasteiger partial charge in [-0.2, -0.15) is 0 Å². The Morgan fingerprint density at radius 3 is 2.27 bits per heavy atom. The number of nitrogens with zero attached hydrogens (tertiary/aromatic N) is 2. The lowest BCUT2D eigenvalue weighted by Crippen LogP contribution is -2.38. The van der Waals surface area contributed by atoms with Crippen LogP contribution in [0.4, 0.5) is 0 Å². The quantitative estimate of drug-likeness (QED) is 0.306. The van der Waals surface area contributed by atoms with Crippen LogP contribution in [-0.2, 0) is 28.6 Å². The third-order valence-corrected chi connectivity index (χ3v) is 6.32. The van der Waals surface area contributed by atoms with E-state index < -0.39 is 36.2 Å². The van der Waals surface area contributed by atoms with E-state index in [9.17, 15) is 14.4 Å². The number of imidazole rings is 1. The molecule has 0 bridgehead atoms. The number of esters is 3. The van der Waals surface area contributed by atoms with Crippen molar-refractivity contribution in [2.24, 2.45) is 5.92 Å². The van der Waals surface area contributed by atoms with Gasteiger partial charge in [-0.3, -0.25) is 14.4 Å². The fraction of sp³-hybridized carbons (Fsp3) is 0.474. The molecule has 1 aromatic heterocycles. The van der Waals surface area contributed by atoms with Crippen LogP contribution in [0.5, 0.6) is 0 Å². The number of halogens is 3. The number of carbonyl (C=O) groups is 3. The minimum absolute atomic E-state index is 0.0251. The molecule has 1 fully saturated rings. The zero-order chi connectivity index (χ0) is 22.2. The number of benzene rings is 1. The summed E-state index contributed by atoms with van der Waals surface area (Å²) in [6.07, 6.45) is -1.16. The molecule has 0 radical (unpaired) electrons. The van der Waals surface area contributed by atoms with E-state index in [0.717, 1.165) is 0 Å². The average molecular weight is 569 g/mol. The molecule has 1 unspecified atom stereocenters. The van der Waals surface area contributed by atoms with Gasteiger partial charge in [0.05, 0.1) is 33.7 Å². The van der Waals surface area contributed by atoms with Crippen molar-refractivity contribution in [2.75, 3.05) is 6.61 Å². The molecule has 2 aromatic rings. The Bertz CT molecular complexity index is 1010. The van der Waals surface area contributed by atoms with E-state index in [1.165, 1.54) is 20.8 Å². The molecule has 11 heteroatoms. The molecule has 1 saturated carbocycles. The average Bonchev–Trinajstić information content (AvgIpc) is 3.10. The summed E-state index contributed by atoms with van der Waals surface area (Å²) < 4.78 is 18.8. The van der Waals surface area contributed by atoms with Gasteiger partial charge < -0.3 is 18.8 Å². The van der Waals surface area contributed by atoms with Gasteiger partial charge in [0.15, 0.2) is 9.94 Å². The molecule has 1 heterocycles. The molecular weight excluding hydrogens is 550 g/mol. The summed E-state index contributed by atoms with van der Waals surface area (Å²) in [6.45, 7) is 3.89. The molecule has 0 spiro atoms. The van der Waals surface area contributed by atoms with E-state index in [4.69, 9.17) is 37.4 Å². The molecule has 1 aliphatic rings. The third kappa shape index (κ3) is 4.83. The molecule has 0 aliphatic heterocycles. The summed E-state index contributed by atoms with van der Waals surface area (Å²) in [5.74, 6) is -1.86. The van der Waals surface area contributed by atoms with Crippen molar-refractivity contribution in [3.8, 4) is 0 Å². The number of aromatic nitrogens is 2. The zero-order valence-electron chi connectivity index (χ0n) is 16.4. The first-order valence-electron chi connectivity index (χ1n) is 9.08. The lowest BCUT2D eigenvalue weighted by molar-refractivity contribution is -0.168. The maximum Gasteiger partial charge on any atom is 0.303 e. The van der Waals surface area contributed by atoms with E-state index in [-0.39, 0.29) is 12.5 Å². The maximum absolute atomic E-state index is 11.9. The Balaban J connectivity index is 2.09. The minimum Gasteiger partial charge on any atom is -0.465 e. The van der Waals surface area contributed by atoms with Crippen LogP contribution in [-0.4, -0.2) is 46.3 Å². The standard InChI is InChI=1S/C19H19Cl2IN2O6/c1-8(25)28-7-11-4-16(18(30-10(3)27)17(11)29-9(2)26)24-15-6-13(21)12(20)5-14(15)23-19(24)22/h5-6,11,16-18H,4,7H2,1-3H3/t11-,16-,17?,18+/m0/s1. The highest BCUT2D eigenvalue weighted by Crippen LogP contribution is 2.42. The number of rotatable bonds is 5. The Morgan fingerprint density at radius 2 is 1.67 bits per heavy atom. The van der Waals surface area contributed by atoms with Gasteiger partial charge in [-0.1, -0.05) is 23.2 Å². The Morgan fingerprint density at radius 1 is 1.07 bits per heavy atom. The molecule has 1 aromatic carbocycles. The second-order valence-corrected chi connectivity index (χ2v) is 8.80. The second kappa shape index (κ2) is 9.27. The van der Waals surface area contributed by atoms with Crippen molar-refractivity contribution in [1.82, 2.24) is 9.55 Å². The van der Waals surface area contributed by atoms with Crippen molar-refractivity contribution < 1.29 is 28.6 Å². The second-order valence-electron chi connectivity index (χ2n) is 7.02. The van der Waals surface area contributed by atoms with Crippen LogP contribution in [0.15, 0.2) is 12.1 Å². The normalized spacial score (nSPS) is 23.4. The molecule has 0 saturated heterocycles. The minimum atomic E-state index is -0.799. The van der Waals surface area contributed by atoms with Gasteiger partial charge in [0.2, 0.25) is 0 Å². The van der Waals surface area contributed by atoms with E-state index in [1.807, 2.05) is 4.57 Å². The van der Waals surface area contributed by atoms with Gasteiger partial charge in [-0.15, -0.1) is 0 Å². The fourth-order valence-electron chi connectivity index (χ4n) is 3.77. The lowest BCUT2D eigenvalue weighted by atomic mass is 10.1. The number of fused-ring (bicyclic) bond motifs is 1. The van der Waals surface area contributed by atoms with E-state index >= 15 is 0 Å². The number of ether oxygens (including phenoxy) is 3. The summed E-state index contributed by atoms with van der Waals surface area (Å²) in [5, 5.41) is 0.732. The highest BCUT2D eigenvalue weighted by molar-refractivity contribution is 14.1. The Hall–Kier alpha value is -1.59. The monoisotopic (exact) mass is 568 g/mol. The van der Waals surface area contributed by atoms with Crippen LogP contribution >= 0.6 is 45.8 Å². The van der Waals surface area contributed by atoms with Gasteiger partial charge in [-0.05, 0) is 41.1 Å². The highest BCUT2D eigenvalue weighted by atomic mass is 127. The smallest absolute Gasteiger partial charge is 0.303 e. The topological polar surface area (TPSA) is 96.7 Å². The van der Waals surface area contributed by atoms with Crippen molar-refractivity contribution in [1.29, 1.82) is 0 Å². The Labute approximate surface area is 196 Å². The van der Waals surface area contributed by atoms with Gasteiger partial charge in [0.1, 0.15) is 6.10 Å². The van der Waals surface area contributed by atoms with Crippen molar-refractivity contribution in [2.45, 2.75) is 45.4 Å². The van der Waals surface area contributed by atoms with E-state index in [2.05, 4.69) is 27.6 Å². The predicted molar refractivity (Wildman–Crippen MR) is 117 cm³/mol. The molecule has 0 amide bonds. The number of hydrogen-bond donors (Lipinski definition) is 0. The molecular formula is C19H19Cl2IN2O6. The number of hydrogen-bond acceptors (Lipinski definition) is 7. The van der Waals surface area contributed by atoms with Gasteiger partial charge in [0, 0.05) is 26.7 Å². The summed E-state index contributed by atoms with van der Waals surface area (Å²) in [5.41, 5.74) is 1.33. The molecule has 162 valence electrons. The summed E-state index contributed by atoms with van der Waals surface area (Å²) in [6, 6.07) is 2.93. The summed E-state index contributed by atoms with van der Waals surface area (Å²) >= 11 is 14.4. The lowest BCUT2D eigenvalue weighted by Gasteiger charge is -2.27. The van der Waals surface area contributed by atoms with Crippen molar-refractivity contribution in [3.05, 3.63) is 26.0 Å². The molecule has 30 heavy (non-hydrogen) atoms. The fourth-order valence-corrected chi connectivity index (χ4v) is 4.97. The SMILES string of the molecule is CC(=O)OC[C@@H]1C[C@H](n2c(I)nc3cc(Cl)c(Cl)cc32)[C@@H](OC(C)=O)C1OC(C)=O. The number of carbonyl (C=O) groups excluding carboxylic acids is 3. The first-order chi connectivity index (χ1) is 14.1. The molecule has 0 N–H and O–H groups in total. The molecule has 8 nitrogen and oxygen atoms in total. The van der Waals surface area contributed by atoms with E-state index in [1.54, 1.807) is 12.1 Å². The highest BCUT2D eigenvalue weighted by Gasteiger charge is 2.49. The Kier molecular flexibility index (Phi) is 7.13. The van der Waals surface area contributed by atoms with Gasteiger partial charge in [0.25, 0.3) is 0 Å². The first-order valence-corrected chi connectivity index (χ1v) is 10.9. The molecule has 3 rings (SSSR count). The zero-order valence-corrected chi connectivity index (χ0v) is 20.0. The first kappa shape index (κ1) is 23.1. The maximum atomic E-state index is 11.9. The largest absolute Gasteiger partial charge is 0.465 e. The van der Waals surface area contributed by atoms with Crippen molar-refractivity contribution >= 4 is 74.7 Å². The summed E-state index contributed by atoms with van der Waals surface area (Å²) in [7, 11) is 0. The van der Waals surface area contributed by atoms with Gasteiger partial charge >= 0.3 is 17.9 Å². The van der Waals surface area contributed by atoms with Crippen LogP contribution in [0.3, 0.4) is 0 Å². The predicted octanol–water partition coefficient (Wildman–Crippen LogP) is 3.94. The summed E-state index contributed by atoms with van der Waals surface area (Å²) in [4.78, 5) is 39.5.